The molecule has 2 atom stereocenters. The van der Waals surface area contributed by atoms with E-state index in [4.69, 9.17) is 0 Å². The number of urea groups is 1. The van der Waals surface area contributed by atoms with Gasteiger partial charge in [0.2, 0.25) is 0 Å². The maximum atomic E-state index is 12.8. The Hall–Kier alpha value is -1.06. The molecule has 4 nitrogen and oxygen atoms in total. The van der Waals surface area contributed by atoms with Gasteiger partial charge in [-0.15, -0.1) is 0 Å². The van der Waals surface area contributed by atoms with Crippen LogP contribution < -0.4 is 0 Å². The predicted molar refractivity (Wildman–Crippen MR) is 77.5 cm³/mol. The summed E-state index contributed by atoms with van der Waals surface area (Å²) in [5.74, 6) is 0.525. The lowest BCUT2D eigenvalue weighted by atomic mass is 9.88. The Bertz CT molecular complexity index is 377. The third kappa shape index (κ3) is 2.70. The molecule has 4 heteroatoms. The monoisotopic (exact) mass is 278 g/mol. The zero-order valence-corrected chi connectivity index (χ0v) is 12.4. The van der Waals surface area contributed by atoms with Crippen LogP contribution in [0.1, 0.15) is 57.8 Å². The Kier molecular flexibility index (Phi) is 4.27. The van der Waals surface area contributed by atoms with Gasteiger partial charge in [-0.25, -0.2) is 4.79 Å². The molecule has 0 spiro atoms. The van der Waals surface area contributed by atoms with Gasteiger partial charge in [-0.1, -0.05) is 0 Å². The van der Waals surface area contributed by atoms with E-state index in [0.717, 1.165) is 71.0 Å². The summed E-state index contributed by atoms with van der Waals surface area (Å²) >= 11 is 0. The normalized spacial score (nSPS) is 31.7. The first kappa shape index (κ1) is 13.9. The molecule has 2 unspecified atom stereocenters. The molecule has 0 aromatic heterocycles. The molecule has 2 saturated heterocycles. The predicted octanol–water partition coefficient (Wildman–Crippen LogP) is 2.82. The van der Waals surface area contributed by atoms with Gasteiger partial charge in [0.1, 0.15) is 5.78 Å². The van der Waals surface area contributed by atoms with Gasteiger partial charge in [-0.3, -0.25) is 4.79 Å². The summed E-state index contributed by atoms with van der Waals surface area (Å²) in [6, 6.07) is 0.391. The summed E-state index contributed by atoms with van der Waals surface area (Å²) in [6.07, 6.45) is 9.53. The molecule has 2 amide bonds. The highest BCUT2D eigenvalue weighted by molar-refractivity contribution is 5.84. The Morgan fingerprint density at radius 1 is 0.900 bits per heavy atom. The second kappa shape index (κ2) is 6.15. The van der Waals surface area contributed by atoms with E-state index in [1.807, 2.05) is 9.80 Å². The molecular weight excluding hydrogens is 252 g/mol. The van der Waals surface area contributed by atoms with E-state index in [9.17, 15) is 9.59 Å². The molecule has 2 aliphatic heterocycles. The number of hydrogen-bond donors (Lipinski definition) is 0. The molecule has 3 aliphatic rings. The lowest BCUT2D eigenvalue weighted by Crippen LogP contribution is -2.54. The summed E-state index contributed by atoms with van der Waals surface area (Å²) in [4.78, 5) is 28.9. The summed E-state index contributed by atoms with van der Waals surface area (Å²) in [7, 11) is 0. The number of carbonyl (C=O) groups excluding carboxylic acids is 2. The third-order valence-electron chi connectivity index (χ3n) is 5.24. The molecule has 3 rings (SSSR count). The van der Waals surface area contributed by atoms with Gasteiger partial charge in [0.15, 0.2) is 0 Å². The Morgan fingerprint density at radius 3 is 2.35 bits per heavy atom. The van der Waals surface area contributed by atoms with Gasteiger partial charge in [0.25, 0.3) is 0 Å². The lowest BCUT2D eigenvalue weighted by molar-refractivity contribution is -0.122. The molecule has 0 bridgehead atoms. The number of ketones is 1. The standard InChI is InChI=1S/C16H26N2O2/c19-15-9-6-7-13(15)14-8-2-5-12-18(14)16(20)17-10-3-1-4-11-17/h13-14H,1-12H2. The van der Waals surface area contributed by atoms with Crippen molar-refractivity contribution in [1.82, 2.24) is 9.80 Å². The molecule has 1 saturated carbocycles. The topological polar surface area (TPSA) is 40.6 Å². The maximum Gasteiger partial charge on any atom is 0.320 e. The van der Waals surface area contributed by atoms with Gasteiger partial charge in [0, 0.05) is 38.0 Å². The summed E-state index contributed by atoms with van der Waals surface area (Å²) < 4.78 is 0. The Morgan fingerprint density at radius 2 is 1.65 bits per heavy atom. The quantitative estimate of drug-likeness (QED) is 0.740. The van der Waals surface area contributed by atoms with Crippen LogP contribution in [0.25, 0.3) is 0 Å². The van der Waals surface area contributed by atoms with Crippen molar-refractivity contribution >= 4 is 11.8 Å². The van der Waals surface area contributed by atoms with E-state index >= 15 is 0 Å². The van der Waals surface area contributed by atoms with Gasteiger partial charge >= 0.3 is 6.03 Å². The van der Waals surface area contributed by atoms with Crippen LogP contribution in [-0.2, 0) is 4.79 Å². The molecule has 0 aromatic rings. The van der Waals surface area contributed by atoms with Crippen LogP contribution in [0.2, 0.25) is 0 Å². The smallest absolute Gasteiger partial charge is 0.320 e. The second-order valence-electron chi connectivity index (χ2n) is 6.55. The summed E-state index contributed by atoms with van der Waals surface area (Å²) in [5, 5.41) is 0. The van der Waals surface area contributed by atoms with Gasteiger partial charge in [-0.05, 0) is 51.4 Å². The van der Waals surface area contributed by atoms with E-state index in [0.29, 0.717) is 5.78 Å². The molecule has 20 heavy (non-hydrogen) atoms. The number of Topliss-reactive ketones (excluding diaryl/α,β-unsaturated/α-hetero) is 1. The first-order valence-corrected chi connectivity index (χ1v) is 8.35. The fourth-order valence-electron chi connectivity index (χ4n) is 4.13. The molecule has 3 fully saturated rings. The number of amides is 2. The molecule has 0 radical (unpaired) electrons. The van der Waals surface area contributed by atoms with Gasteiger partial charge in [-0.2, -0.15) is 0 Å². The van der Waals surface area contributed by atoms with E-state index in [2.05, 4.69) is 0 Å². The van der Waals surface area contributed by atoms with Gasteiger partial charge in [0.05, 0.1) is 0 Å². The zero-order valence-electron chi connectivity index (χ0n) is 12.4. The van der Waals surface area contributed by atoms with Crippen molar-refractivity contribution in [3.63, 3.8) is 0 Å². The molecular formula is C16H26N2O2. The summed E-state index contributed by atoms with van der Waals surface area (Å²) in [6.45, 7) is 2.66. The number of likely N-dealkylation sites (tertiary alicyclic amines) is 2. The number of nitrogens with zero attached hydrogens (tertiary/aromatic N) is 2. The molecule has 0 aromatic carbocycles. The van der Waals surface area contributed by atoms with E-state index in [1.54, 1.807) is 0 Å². The molecule has 2 heterocycles. The first-order valence-electron chi connectivity index (χ1n) is 8.35. The third-order valence-corrected chi connectivity index (χ3v) is 5.24. The maximum absolute atomic E-state index is 12.8. The van der Waals surface area contributed by atoms with Crippen LogP contribution in [0, 0.1) is 5.92 Å². The average Bonchev–Trinajstić information content (AvgIpc) is 2.93. The molecule has 0 N–H and O–H groups in total. The van der Waals surface area contributed by atoms with Gasteiger partial charge < -0.3 is 9.80 Å². The number of hydrogen-bond acceptors (Lipinski definition) is 2. The van der Waals surface area contributed by atoms with Crippen molar-refractivity contribution < 1.29 is 9.59 Å². The zero-order chi connectivity index (χ0) is 13.9. The van der Waals surface area contributed by atoms with Crippen molar-refractivity contribution in [2.24, 2.45) is 5.92 Å². The Balaban J connectivity index is 1.71. The van der Waals surface area contributed by atoms with Crippen molar-refractivity contribution in [2.45, 2.75) is 63.8 Å². The SMILES string of the molecule is O=C1CCCC1C1CCCCN1C(=O)N1CCCCC1. The van der Waals surface area contributed by atoms with Crippen molar-refractivity contribution in [3.8, 4) is 0 Å². The van der Waals surface area contributed by atoms with Crippen LogP contribution in [0.5, 0.6) is 0 Å². The highest BCUT2D eigenvalue weighted by atomic mass is 16.2. The average molecular weight is 278 g/mol. The minimum absolute atomic E-state index is 0.129. The van der Waals surface area contributed by atoms with Crippen molar-refractivity contribution in [2.75, 3.05) is 19.6 Å². The number of carbonyl (C=O) groups is 2. The van der Waals surface area contributed by atoms with Crippen LogP contribution in [0.4, 0.5) is 4.79 Å². The minimum Gasteiger partial charge on any atom is -0.325 e. The first-order chi connectivity index (χ1) is 9.77. The van der Waals surface area contributed by atoms with E-state index < -0.39 is 0 Å². The largest absolute Gasteiger partial charge is 0.325 e. The van der Waals surface area contributed by atoms with Crippen molar-refractivity contribution in [1.29, 1.82) is 0 Å². The second-order valence-corrected chi connectivity index (χ2v) is 6.55. The van der Waals surface area contributed by atoms with Crippen LogP contribution in [-0.4, -0.2) is 47.3 Å². The Labute approximate surface area is 121 Å². The highest BCUT2D eigenvalue weighted by Gasteiger charge is 2.39. The lowest BCUT2D eigenvalue weighted by Gasteiger charge is -2.42. The fraction of sp³-hybridized carbons (Fsp3) is 0.875. The summed E-state index contributed by atoms with van der Waals surface area (Å²) in [5.41, 5.74) is 0. The van der Waals surface area contributed by atoms with E-state index in [1.165, 1.54) is 6.42 Å². The highest BCUT2D eigenvalue weighted by Crippen LogP contribution is 2.33. The molecule has 1 aliphatic carbocycles. The van der Waals surface area contributed by atoms with Crippen LogP contribution >= 0.6 is 0 Å². The van der Waals surface area contributed by atoms with Crippen LogP contribution in [0.15, 0.2) is 0 Å². The number of rotatable bonds is 1. The van der Waals surface area contributed by atoms with E-state index in [-0.39, 0.29) is 18.0 Å². The fourth-order valence-corrected chi connectivity index (χ4v) is 4.13. The number of piperidine rings is 2. The minimum atomic E-state index is 0.129. The molecule has 112 valence electrons. The van der Waals surface area contributed by atoms with Crippen molar-refractivity contribution in [3.05, 3.63) is 0 Å². The van der Waals surface area contributed by atoms with Crippen LogP contribution in [0.3, 0.4) is 0 Å².